The standard InChI is InChI=1S/C9H5BrClNO/c10-7-4-2-1-3-6(7)8-5-9(11)13-12-8/h1-5H. The van der Waals surface area contributed by atoms with Gasteiger partial charge in [-0.05, 0) is 17.7 Å². The third-order valence-electron chi connectivity index (χ3n) is 1.63. The van der Waals surface area contributed by atoms with Crippen molar-refractivity contribution in [3.8, 4) is 11.3 Å². The molecule has 1 aromatic heterocycles. The summed E-state index contributed by atoms with van der Waals surface area (Å²) in [5.74, 6) is 0. The predicted molar refractivity (Wildman–Crippen MR) is 54.6 cm³/mol. The van der Waals surface area contributed by atoms with Crippen LogP contribution in [0.25, 0.3) is 11.3 Å². The molecule has 0 atom stereocenters. The van der Waals surface area contributed by atoms with Gasteiger partial charge in [0, 0.05) is 16.1 Å². The van der Waals surface area contributed by atoms with Crippen LogP contribution in [0.4, 0.5) is 0 Å². The maximum atomic E-state index is 5.62. The van der Waals surface area contributed by atoms with Crippen LogP contribution in [0.3, 0.4) is 0 Å². The fourth-order valence-electron chi connectivity index (χ4n) is 1.05. The van der Waals surface area contributed by atoms with E-state index in [0.717, 1.165) is 15.7 Å². The second-order valence-electron chi connectivity index (χ2n) is 2.50. The molecular formula is C9H5BrClNO. The predicted octanol–water partition coefficient (Wildman–Crippen LogP) is 3.76. The molecule has 0 radical (unpaired) electrons. The molecule has 13 heavy (non-hydrogen) atoms. The Bertz CT molecular complexity index is 427. The van der Waals surface area contributed by atoms with Crippen molar-refractivity contribution in [3.63, 3.8) is 0 Å². The van der Waals surface area contributed by atoms with Crippen LogP contribution >= 0.6 is 27.5 Å². The Morgan fingerprint density at radius 3 is 2.69 bits per heavy atom. The molecule has 2 rings (SSSR count). The molecule has 0 unspecified atom stereocenters. The zero-order chi connectivity index (χ0) is 9.26. The molecule has 0 bridgehead atoms. The molecule has 2 nitrogen and oxygen atoms in total. The summed E-state index contributed by atoms with van der Waals surface area (Å²) < 4.78 is 5.74. The number of halogens is 2. The van der Waals surface area contributed by atoms with E-state index in [0.29, 0.717) is 5.22 Å². The van der Waals surface area contributed by atoms with Crippen LogP contribution in [0.1, 0.15) is 0 Å². The Labute approximate surface area is 88.6 Å². The fourth-order valence-corrected chi connectivity index (χ4v) is 1.67. The second-order valence-corrected chi connectivity index (χ2v) is 3.72. The monoisotopic (exact) mass is 257 g/mol. The first-order valence-corrected chi connectivity index (χ1v) is 4.81. The van der Waals surface area contributed by atoms with E-state index in [9.17, 15) is 0 Å². The summed E-state index contributed by atoms with van der Waals surface area (Å²) in [5, 5.41) is 4.11. The second kappa shape index (κ2) is 3.52. The van der Waals surface area contributed by atoms with Gasteiger partial charge in [0.2, 0.25) is 5.22 Å². The number of aromatic nitrogens is 1. The first-order chi connectivity index (χ1) is 6.27. The Kier molecular flexibility index (Phi) is 2.38. The van der Waals surface area contributed by atoms with E-state index in [1.165, 1.54) is 0 Å². The van der Waals surface area contributed by atoms with E-state index in [1.807, 2.05) is 24.3 Å². The van der Waals surface area contributed by atoms with Crippen molar-refractivity contribution in [3.05, 3.63) is 40.0 Å². The van der Waals surface area contributed by atoms with Gasteiger partial charge >= 0.3 is 0 Å². The summed E-state index contributed by atoms with van der Waals surface area (Å²) >= 11 is 9.04. The zero-order valence-corrected chi connectivity index (χ0v) is 8.84. The topological polar surface area (TPSA) is 26.0 Å². The van der Waals surface area contributed by atoms with Crippen molar-refractivity contribution < 1.29 is 4.52 Å². The van der Waals surface area contributed by atoms with Crippen LogP contribution < -0.4 is 0 Å². The minimum atomic E-state index is 0.297. The third kappa shape index (κ3) is 1.76. The number of hydrogen-bond acceptors (Lipinski definition) is 2. The Hall–Kier alpha value is -0.800. The molecule has 0 saturated carbocycles. The summed E-state index contributed by atoms with van der Waals surface area (Å²) in [5.41, 5.74) is 1.70. The van der Waals surface area contributed by atoms with E-state index in [1.54, 1.807) is 6.07 Å². The smallest absolute Gasteiger partial charge is 0.226 e. The van der Waals surface area contributed by atoms with E-state index in [2.05, 4.69) is 21.1 Å². The molecule has 0 N–H and O–H groups in total. The minimum Gasteiger partial charge on any atom is -0.344 e. The third-order valence-corrected chi connectivity index (χ3v) is 2.50. The molecule has 0 spiro atoms. The number of nitrogens with zero attached hydrogens (tertiary/aromatic N) is 1. The summed E-state index contributed by atoms with van der Waals surface area (Å²) in [7, 11) is 0. The summed E-state index contributed by atoms with van der Waals surface area (Å²) in [6.07, 6.45) is 0. The van der Waals surface area contributed by atoms with Crippen LogP contribution in [0, 0.1) is 0 Å². The van der Waals surface area contributed by atoms with Crippen LogP contribution in [0.15, 0.2) is 39.3 Å². The van der Waals surface area contributed by atoms with Crippen LogP contribution in [0.2, 0.25) is 5.22 Å². The summed E-state index contributed by atoms with van der Waals surface area (Å²) in [6.45, 7) is 0. The lowest BCUT2D eigenvalue weighted by Gasteiger charge is -1.96. The van der Waals surface area contributed by atoms with Gasteiger partial charge in [-0.15, -0.1) is 0 Å². The Morgan fingerprint density at radius 1 is 1.31 bits per heavy atom. The molecule has 1 heterocycles. The lowest BCUT2D eigenvalue weighted by Crippen LogP contribution is -1.77. The van der Waals surface area contributed by atoms with Crippen molar-refractivity contribution in [2.45, 2.75) is 0 Å². The average Bonchev–Trinajstić information content (AvgIpc) is 2.53. The van der Waals surface area contributed by atoms with Gasteiger partial charge in [-0.1, -0.05) is 39.3 Å². The lowest BCUT2D eigenvalue weighted by molar-refractivity contribution is 0.424. The number of benzene rings is 1. The van der Waals surface area contributed by atoms with Gasteiger partial charge in [0.1, 0.15) is 5.69 Å². The van der Waals surface area contributed by atoms with Gasteiger partial charge in [-0.25, -0.2) is 0 Å². The van der Waals surface area contributed by atoms with E-state index >= 15 is 0 Å². The lowest BCUT2D eigenvalue weighted by atomic mass is 10.2. The molecule has 66 valence electrons. The van der Waals surface area contributed by atoms with Gasteiger partial charge in [0.15, 0.2) is 0 Å². The molecular weight excluding hydrogens is 253 g/mol. The first-order valence-electron chi connectivity index (χ1n) is 3.64. The highest BCUT2D eigenvalue weighted by Crippen LogP contribution is 2.28. The Balaban J connectivity index is 2.52. The maximum absolute atomic E-state index is 5.62. The highest BCUT2D eigenvalue weighted by atomic mass is 79.9. The SMILES string of the molecule is Clc1cc(-c2ccccc2Br)no1. The number of rotatable bonds is 1. The van der Waals surface area contributed by atoms with E-state index < -0.39 is 0 Å². The average molecular weight is 259 g/mol. The molecule has 0 amide bonds. The van der Waals surface area contributed by atoms with Gasteiger partial charge in [-0.3, -0.25) is 0 Å². The quantitative estimate of drug-likeness (QED) is 0.778. The molecule has 0 aliphatic rings. The Morgan fingerprint density at radius 2 is 2.08 bits per heavy atom. The molecule has 0 saturated heterocycles. The van der Waals surface area contributed by atoms with Crippen molar-refractivity contribution in [1.82, 2.24) is 5.16 Å². The van der Waals surface area contributed by atoms with Crippen LogP contribution in [0.5, 0.6) is 0 Å². The van der Waals surface area contributed by atoms with Gasteiger partial charge in [0.05, 0.1) is 0 Å². The van der Waals surface area contributed by atoms with E-state index in [4.69, 9.17) is 16.1 Å². The van der Waals surface area contributed by atoms with Crippen molar-refractivity contribution >= 4 is 27.5 Å². The van der Waals surface area contributed by atoms with Gasteiger partial charge in [0.25, 0.3) is 0 Å². The fraction of sp³-hybridized carbons (Fsp3) is 0. The molecule has 2 aromatic rings. The van der Waals surface area contributed by atoms with Crippen molar-refractivity contribution in [2.24, 2.45) is 0 Å². The van der Waals surface area contributed by atoms with Crippen LogP contribution in [-0.4, -0.2) is 5.16 Å². The minimum absolute atomic E-state index is 0.297. The molecule has 1 aromatic carbocycles. The number of hydrogen-bond donors (Lipinski definition) is 0. The normalized spacial score (nSPS) is 10.3. The summed E-state index contributed by atoms with van der Waals surface area (Å²) in [4.78, 5) is 0. The van der Waals surface area contributed by atoms with E-state index in [-0.39, 0.29) is 0 Å². The van der Waals surface area contributed by atoms with Crippen molar-refractivity contribution in [2.75, 3.05) is 0 Å². The highest BCUT2D eigenvalue weighted by molar-refractivity contribution is 9.10. The molecule has 0 aliphatic heterocycles. The zero-order valence-electron chi connectivity index (χ0n) is 6.50. The summed E-state index contributed by atoms with van der Waals surface area (Å²) in [6, 6.07) is 9.44. The van der Waals surface area contributed by atoms with Crippen molar-refractivity contribution in [1.29, 1.82) is 0 Å². The van der Waals surface area contributed by atoms with Gasteiger partial charge in [-0.2, -0.15) is 0 Å². The van der Waals surface area contributed by atoms with Crippen LogP contribution in [-0.2, 0) is 0 Å². The first kappa shape index (κ1) is 8.78. The highest BCUT2D eigenvalue weighted by Gasteiger charge is 2.06. The van der Waals surface area contributed by atoms with Gasteiger partial charge < -0.3 is 4.52 Å². The maximum Gasteiger partial charge on any atom is 0.226 e. The largest absolute Gasteiger partial charge is 0.344 e. The molecule has 4 heteroatoms. The molecule has 0 fully saturated rings. The molecule has 0 aliphatic carbocycles.